The lowest BCUT2D eigenvalue weighted by molar-refractivity contribution is -0.123. The smallest absolute Gasteiger partial charge is 0.258 e. The van der Waals surface area contributed by atoms with Crippen LogP contribution in [0.5, 0.6) is 11.5 Å². The number of hydrogen-bond donors (Lipinski definition) is 3. The summed E-state index contributed by atoms with van der Waals surface area (Å²) in [4.78, 5) is 24.2. The Bertz CT molecular complexity index is 812. The van der Waals surface area contributed by atoms with Gasteiger partial charge in [-0.2, -0.15) is 0 Å². The molecular weight excluding hydrogens is 382 g/mol. The number of ether oxygens (including phenoxy) is 2. The Morgan fingerprint density at radius 3 is 2.50 bits per heavy atom. The quantitative estimate of drug-likeness (QED) is 0.625. The highest BCUT2D eigenvalue weighted by molar-refractivity contribution is 5.95. The van der Waals surface area contributed by atoms with E-state index >= 15 is 0 Å². The molecular formula is C20H24ClN3O4. The highest BCUT2D eigenvalue weighted by atomic mass is 35.5. The van der Waals surface area contributed by atoms with Crippen LogP contribution in [0.2, 0.25) is 0 Å². The monoisotopic (exact) mass is 405 g/mol. The maximum atomic E-state index is 12.4. The van der Waals surface area contributed by atoms with Crippen molar-refractivity contribution in [2.75, 3.05) is 19.0 Å². The van der Waals surface area contributed by atoms with Gasteiger partial charge in [0.05, 0.1) is 7.11 Å². The van der Waals surface area contributed by atoms with Crippen molar-refractivity contribution in [2.24, 2.45) is 5.73 Å². The molecule has 2 aromatic carbocycles. The first-order valence-electron chi connectivity index (χ1n) is 8.78. The number of amides is 2. The number of anilines is 1. The molecule has 1 atom stereocenters. The van der Waals surface area contributed by atoms with Gasteiger partial charge in [-0.1, -0.05) is 30.3 Å². The van der Waals surface area contributed by atoms with E-state index in [0.717, 1.165) is 18.4 Å². The fraction of sp³-hybridized carbons (Fsp3) is 0.300. The lowest BCUT2D eigenvalue weighted by atomic mass is 10.1. The van der Waals surface area contributed by atoms with Gasteiger partial charge in [0.15, 0.2) is 18.1 Å². The number of methoxy groups -OCH3 is 1. The average molecular weight is 406 g/mol. The average Bonchev–Trinajstić information content (AvgIpc) is 3.50. The van der Waals surface area contributed by atoms with E-state index in [1.54, 1.807) is 30.3 Å². The van der Waals surface area contributed by atoms with Crippen molar-refractivity contribution in [2.45, 2.75) is 24.9 Å². The third-order valence-corrected chi connectivity index (χ3v) is 4.17. The Morgan fingerprint density at radius 1 is 1.14 bits per heavy atom. The molecule has 2 aromatic rings. The van der Waals surface area contributed by atoms with E-state index < -0.39 is 6.04 Å². The van der Waals surface area contributed by atoms with Crippen LogP contribution in [0.4, 0.5) is 5.69 Å². The highest BCUT2D eigenvalue weighted by Crippen LogP contribution is 2.30. The zero-order chi connectivity index (χ0) is 19.2. The fourth-order valence-corrected chi connectivity index (χ4v) is 2.54. The summed E-state index contributed by atoms with van der Waals surface area (Å²) in [6.07, 6.45) is 2.02. The second-order valence-electron chi connectivity index (χ2n) is 6.37. The molecule has 1 unspecified atom stereocenters. The van der Waals surface area contributed by atoms with Gasteiger partial charge in [0.1, 0.15) is 6.04 Å². The molecule has 2 amide bonds. The van der Waals surface area contributed by atoms with Crippen LogP contribution in [0, 0.1) is 0 Å². The Balaban J connectivity index is 0.00000280. The van der Waals surface area contributed by atoms with Crippen molar-refractivity contribution >= 4 is 29.9 Å². The van der Waals surface area contributed by atoms with Crippen LogP contribution in [-0.2, 0) is 9.59 Å². The molecule has 1 aliphatic rings. The van der Waals surface area contributed by atoms with Crippen molar-refractivity contribution in [3.05, 3.63) is 54.1 Å². The largest absolute Gasteiger partial charge is 0.493 e. The van der Waals surface area contributed by atoms with Gasteiger partial charge < -0.3 is 25.8 Å². The summed E-state index contributed by atoms with van der Waals surface area (Å²) in [5.41, 5.74) is 7.23. The van der Waals surface area contributed by atoms with E-state index in [9.17, 15) is 9.59 Å². The highest BCUT2D eigenvalue weighted by Gasteiger charge is 2.23. The summed E-state index contributed by atoms with van der Waals surface area (Å²) in [5.74, 6) is 0.318. The number of halogens is 1. The van der Waals surface area contributed by atoms with Crippen LogP contribution in [-0.4, -0.2) is 31.6 Å². The third-order valence-electron chi connectivity index (χ3n) is 4.17. The first-order valence-corrected chi connectivity index (χ1v) is 8.78. The van der Waals surface area contributed by atoms with E-state index in [4.69, 9.17) is 15.2 Å². The Morgan fingerprint density at radius 2 is 1.86 bits per heavy atom. The standard InChI is InChI=1S/C20H23N3O4.ClH/c1-26-16-10-9-15(11-17(16)27-12-18(24)22-14-7-8-14)23-20(25)19(21)13-5-3-2-4-6-13;/h2-6,9-11,14,19H,7-8,12,21H2,1H3,(H,22,24)(H,23,25);1H. The summed E-state index contributed by atoms with van der Waals surface area (Å²) in [6, 6.07) is 13.6. The van der Waals surface area contributed by atoms with Crippen LogP contribution in [0.15, 0.2) is 48.5 Å². The van der Waals surface area contributed by atoms with E-state index in [2.05, 4.69) is 10.6 Å². The summed E-state index contributed by atoms with van der Waals surface area (Å²) in [6.45, 7) is -0.117. The first kappa shape index (κ1) is 21.5. The molecule has 0 aromatic heterocycles. The molecule has 3 rings (SSSR count). The van der Waals surface area contributed by atoms with E-state index in [-0.39, 0.29) is 36.9 Å². The molecule has 0 radical (unpaired) electrons. The minimum atomic E-state index is -0.790. The second kappa shape index (κ2) is 9.96. The van der Waals surface area contributed by atoms with Gasteiger partial charge in [0.25, 0.3) is 5.91 Å². The molecule has 8 heteroatoms. The maximum Gasteiger partial charge on any atom is 0.258 e. The molecule has 7 nitrogen and oxygen atoms in total. The van der Waals surface area contributed by atoms with Crippen LogP contribution >= 0.6 is 12.4 Å². The van der Waals surface area contributed by atoms with Crippen molar-refractivity contribution in [1.29, 1.82) is 0 Å². The summed E-state index contributed by atoms with van der Waals surface area (Å²) in [7, 11) is 1.51. The van der Waals surface area contributed by atoms with Gasteiger partial charge in [-0.25, -0.2) is 0 Å². The number of rotatable bonds is 8. The van der Waals surface area contributed by atoms with Gasteiger partial charge in [0, 0.05) is 17.8 Å². The molecule has 1 saturated carbocycles. The molecule has 0 spiro atoms. The molecule has 1 fully saturated rings. The summed E-state index contributed by atoms with van der Waals surface area (Å²) >= 11 is 0. The topological polar surface area (TPSA) is 103 Å². The van der Waals surface area contributed by atoms with Gasteiger partial charge in [-0.3, -0.25) is 9.59 Å². The van der Waals surface area contributed by atoms with E-state index in [1.165, 1.54) is 7.11 Å². The van der Waals surface area contributed by atoms with Crippen molar-refractivity contribution in [3.63, 3.8) is 0 Å². The van der Waals surface area contributed by atoms with Crippen LogP contribution < -0.4 is 25.8 Å². The SMILES string of the molecule is COc1ccc(NC(=O)C(N)c2ccccc2)cc1OCC(=O)NC1CC1.Cl. The lowest BCUT2D eigenvalue weighted by Gasteiger charge is -2.15. The first-order chi connectivity index (χ1) is 13.1. The number of carbonyl (C=O) groups is 2. The Hall–Kier alpha value is -2.77. The molecule has 28 heavy (non-hydrogen) atoms. The van der Waals surface area contributed by atoms with E-state index in [1.807, 2.05) is 18.2 Å². The molecule has 1 aliphatic carbocycles. The Labute approximate surface area is 170 Å². The van der Waals surface area contributed by atoms with E-state index in [0.29, 0.717) is 17.2 Å². The molecule has 0 bridgehead atoms. The minimum absolute atomic E-state index is 0. The fourth-order valence-electron chi connectivity index (χ4n) is 2.54. The lowest BCUT2D eigenvalue weighted by Crippen LogP contribution is -2.30. The third kappa shape index (κ3) is 5.87. The van der Waals surface area contributed by atoms with Crippen LogP contribution in [0.25, 0.3) is 0 Å². The van der Waals surface area contributed by atoms with Crippen molar-refractivity contribution < 1.29 is 19.1 Å². The molecule has 0 aliphatic heterocycles. The summed E-state index contributed by atoms with van der Waals surface area (Å²) in [5, 5.41) is 5.61. The molecule has 4 N–H and O–H groups in total. The van der Waals surface area contributed by atoms with Gasteiger partial charge >= 0.3 is 0 Å². The maximum absolute atomic E-state index is 12.4. The normalized spacial score (nSPS) is 13.6. The second-order valence-corrected chi connectivity index (χ2v) is 6.37. The van der Waals surface area contributed by atoms with Gasteiger partial charge in [-0.05, 0) is 30.5 Å². The predicted molar refractivity (Wildman–Crippen MR) is 109 cm³/mol. The number of hydrogen-bond acceptors (Lipinski definition) is 5. The zero-order valence-corrected chi connectivity index (χ0v) is 16.3. The Kier molecular flexibility index (Phi) is 7.66. The number of nitrogens with two attached hydrogens (primary N) is 1. The molecule has 0 heterocycles. The number of benzene rings is 2. The van der Waals surface area contributed by atoms with Crippen molar-refractivity contribution in [1.82, 2.24) is 5.32 Å². The molecule has 150 valence electrons. The van der Waals surface area contributed by atoms with Crippen molar-refractivity contribution in [3.8, 4) is 11.5 Å². The molecule has 0 saturated heterocycles. The van der Waals surface area contributed by atoms with Gasteiger partial charge in [-0.15, -0.1) is 12.4 Å². The van der Waals surface area contributed by atoms with Crippen LogP contribution in [0.3, 0.4) is 0 Å². The number of nitrogens with one attached hydrogen (secondary N) is 2. The zero-order valence-electron chi connectivity index (χ0n) is 15.5. The minimum Gasteiger partial charge on any atom is -0.493 e. The predicted octanol–water partition coefficient (Wildman–Crippen LogP) is 2.41. The van der Waals surface area contributed by atoms with Gasteiger partial charge in [0.2, 0.25) is 5.91 Å². The summed E-state index contributed by atoms with van der Waals surface area (Å²) < 4.78 is 10.8. The number of carbonyl (C=O) groups excluding carboxylic acids is 2. The van der Waals surface area contributed by atoms with Crippen LogP contribution in [0.1, 0.15) is 24.4 Å².